The van der Waals surface area contributed by atoms with Crippen LogP contribution in [-0.4, -0.2) is 21.1 Å². The summed E-state index contributed by atoms with van der Waals surface area (Å²) >= 11 is 6.59. The van der Waals surface area contributed by atoms with Gasteiger partial charge in [-0.3, -0.25) is 0 Å². The maximum Gasteiger partial charge on any atom is 0.164 e. The number of nitrogens with zero attached hydrogens (tertiary/aromatic N) is 3. The van der Waals surface area contributed by atoms with Crippen LogP contribution in [0.5, 0.6) is 5.75 Å². The summed E-state index contributed by atoms with van der Waals surface area (Å²) in [5.41, 5.74) is 4.05. The third kappa shape index (κ3) is 3.66. The fourth-order valence-electron chi connectivity index (χ4n) is 5.23. The first-order valence-electron chi connectivity index (χ1n) is 12.2. The highest BCUT2D eigenvalue weighted by atomic mass is 35.5. The van der Waals surface area contributed by atoms with Crippen LogP contribution in [0.2, 0.25) is 0 Å². The van der Waals surface area contributed by atoms with E-state index in [-0.39, 0.29) is 12.0 Å². The van der Waals surface area contributed by atoms with E-state index >= 15 is 0 Å². The second-order valence-electron chi connectivity index (χ2n) is 9.26. The highest BCUT2D eigenvalue weighted by Gasteiger charge is 2.39. The van der Waals surface area contributed by atoms with Gasteiger partial charge in [-0.05, 0) is 47.9 Å². The smallest absolute Gasteiger partial charge is 0.164 e. The maximum absolute atomic E-state index is 6.59. The number of allylic oxidation sites excluding steroid dienone is 6. The Hall–Kier alpha value is -4.02. The Balaban J connectivity index is 1.42. The summed E-state index contributed by atoms with van der Waals surface area (Å²) in [4.78, 5) is 14.9. The van der Waals surface area contributed by atoms with Gasteiger partial charge in [0.1, 0.15) is 11.9 Å². The number of aromatic nitrogens is 3. The minimum Gasteiger partial charge on any atom is -0.485 e. The standard InChI is InChI=1S/C31H22ClN3O/c32-23-17-25(28-24-12-6-7-13-26(24)36-27(28)18-23)31-34-29(20-9-2-1-3-10-20)33-30(35-31)22-15-14-19-8-4-5-11-21(19)16-22/h2,4-18,27-28H,1,3H2. The number of hydrogen-bond acceptors (Lipinski definition) is 4. The van der Waals surface area contributed by atoms with Gasteiger partial charge in [-0.1, -0.05) is 84.4 Å². The summed E-state index contributed by atoms with van der Waals surface area (Å²) in [6.45, 7) is 0. The minimum absolute atomic E-state index is 0.0284. The van der Waals surface area contributed by atoms with Crippen molar-refractivity contribution in [3.05, 3.63) is 119 Å². The zero-order chi connectivity index (χ0) is 24.1. The van der Waals surface area contributed by atoms with Crippen molar-refractivity contribution in [3.63, 3.8) is 0 Å². The van der Waals surface area contributed by atoms with Crippen molar-refractivity contribution >= 4 is 33.5 Å². The summed E-state index contributed by atoms with van der Waals surface area (Å²) in [6, 6.07) is 22.8. The van der Waals surface area contributed by atoms with E-state index in [0.29, 0.717) is 22.5 Å². The molecule has 4 aromatic rings. The van der Waals surface area contributed by atoms with Crippen molar-refractivity contribution in [3.8, 4) is 17.1 Å². The van der Waals surface area contributed by atoms with Crippen molar-refractivity contribution in [1.82, 2.24) is 15.0 Å². The quantitative estimate of drug-likeness (QED) is 0.300. The Morgan fingerprint density at radius 3 is 2.50 bits per heavy atom. The largest absolute Gasteiger partial charge is 0.485 e. The number of rotatable bonds is 3. The van der Waals surface area contributed by atoms with Crippen LogP contribution in [0.4, 0.5) is 0 Å². The molecule has 0 amide bonds. The topological polar surface area (TPSA) is 47.9 Å². The molecule has 2 unspecified atom stereocenters. The number of halogens is 1. The molecule has 3 aliphatic rings. The normalized spacial score (nSPS) is 20.2. The molecule has 174 valence electrons. The van der Waals surface area contributed by atoms with Gasteiger partial charge in [0.15, 0.2) is 17.5 Å². The van der Waals surface area contributed by atoms with Crippen LogP contribution >= 0.6 is 11.6 Å². The first kappa shape index (κ1) is 21.3. The van der Waals surface area contributed by atoms with Crippen LogP contribution < -0.4 is 4.74 Å². The summed E-state index contributed by atoms with van der Waals surface area (Å²) in [7, 11) is 0. The van der Waals surface area contributed by atoms with Crippen LogP contribution in [0.25, 0.3) is 33.3 Å². The Morgan fingerprint density at radius 2 is 1.61 bits per heavy atom. The first-order chi connectivity index (χ1) is 17.7. The minimum atomic E-state index is -0.187. The van der Waals surface area contributed by atoms with E-state index in [4.69, 9.17) is 31.3 Å². The highest BCUT2D eigenvalue weighted by Crippen LogP contribution is 2.48. The fraction of sp³-hybridized carbons (Fsp3) is 0.129. The van der Waals surface area contributed by atoms with Gasteiger partial charge in [0.25, 0.3) is 0 Å². The van der Waals surface area contributed by atoms with E-state index < -0.39 is 0 Å². The van der Waals surface area contributed by atoms with Gasteiger partial charge in [-0.15, -0.1) is 0 Å². The van der Waals surface area contributed by atoms with E-state index in [1.165, 1.54) is 5.39 Å². The molecule has 36 heavy (non-hydrogen) atoms. The molecule has 4 nitrogen and oxygen atoms in total. The lowest BCUT2D eigenvalue weighted by atomic mass is 9.84. The van der Waals surface area contributed by atoms with Crippen LogP contribution in [0.3, 0.4) is 0 Å². The van der Waals surface area contributed by atoms with Gasteiger partial charge < -0.3 is 4.74 Å². The van der Waals surface area contributed by atoms with E-state index in [1.54, 1.807) is 0 Å². The molecule has 0 saturated carbocycles. The lowest BCUT2D eigenvalue weighted by molar-refractivity contribution is 0.271. The molecular formula is C31H22ClN3O. The van der Waals surface area contributed by atoms with Gasteiger partial charge in [0.2, 0.25) is 0 Å². The lowest BCUT2D eigenvalue weighted by Crippen LogP contribution is -2.22. The zero-order valence-electron chi connectivity index (χ0n) is 19.4. The molecule has 0 fully saturated rings. The molecule has 1 aromatic heterocycles. The van der Waals surface area contributed by atoms with Crippen molar-refractivity contribution in [2.24, 2.45) is 0 Å². The molecule has 5 heteroatoms. The Kier molecular flexibility index (Phi) is 5.07. The number of ether oxygens (including phenoxy) is 1. The van der Waals surface area contributed by atoms with Gasteiger partial charge >= 0.3 is 0 Å². The second-order valence-corrected chi connectivity index (χ2v) is 9.69. The van der Waals surface area contributed by atoms with Gasteiger partial charge in [-0.2, -0.15) is 0 Å². The molecule has 0 saturated heterocycles. The zero-order valence-corrected chi connectivity index (χ0v) is 20.2. The molecule has 0 spiro atoms. The van der Waals surface area contributed by atoms with Crippen molar-refractivity contribution < 1.29 is 4.74 Å². The number of hydrogen-bond donors (Lipinski definition) is 0. The predicted octanol–water partition coefficient (Wildman–Crippen LogP) is 7.49. The number of fused-ring (bicyclic) bond motifs is 4. The van der Waals surface area contributed by atoms with E-state index in [9.17, 15) is 0 Å². The van der Waals surface area contributed by atoms with Gasteiger partial charge in [0.05, 0.1) is 5.92 Å². The molecule has 2 heterocycles. The SMILES string of the molecule is ClC1=CC2Oc3ccccc3C2C(c2nc(C3=CCCC=C3)nc(-c3ccc4ccccc4c3)n2)=C1. The van der Waals surface area contributed by atoms with Crippen molar-refractivity contribution in [1.29, 1.82) is 0 Å². The fourth-order valence-corrected chi connectivity index (χ4v) is 5.47. The van der Waals surface area contributed by atoms with E-state index in [0.717, 1.165) is 46.3 Å². The average molecular weight is 488 g/mol. The van der Waals surface area contributed by atoms with Gasteiger partial charge in [0, 0.05) is 27.3 Å². The first-order valence-corrected chi connectivity index (χ1v) is 12.6. The number of benzene rings is 3. The molecule has 2 atom stereocenters. The van der Waals surface area contributed by atoms with E-state index in [2.05, 4.69) is 54.6 Å². The lowest BCUT2D eigenvalue weighted by Gasteiger charge is -2.23. The molecule has 1 aliphatic heterocycles. The Morgan fingerprint density at radius 1 is 0.806 bits per heavy atom. The predicted molar refractivity (Wildman–Crippen MR) is 145 cm³/mol. The summed E-state index contributed by atoms with van der Waals surface area (Å²) in [6.07, 6.45) is 12.2. The van der Waals surface area contributed by atoms with Crippen molar-refractivity contribution in [2.75, 3.05) is 0 Å². The molecule has 2 aliphatic carbocycles. The Bertz CT molecular complexity index is 1650. The second kappa shape index (κ2) is 8.58. The molecule has 0 radical (unpaired) electrons. The highest BCUT2D eigenvalue weighted by molar-refractivity contribution is 6.32. The maximum atomic E-state index is 6.59. The van der Waals surface area contributed by atoms with Crippen LogP contribution in [0, 0.1) is 0 Å². The Labute approximate surface area is 214 Å². The molecular weight excluding hydrogens is 466 g/mol. The third-order valence-corrected chi connectivity index (χ3v) is 7.19. The molecule has 0 bridgehead atoms. The summed E-state index contributed by atoms with van der Waals surface area (Å²) < 4.78 is 6.25. The monoisotopic (exact) mass is 487 g/mol. The number of para-hydroxylation sites is 1. The third-order valence-electron chi connectivity index (χ3n) is 6.95. The molecule has 3 aromatic carbocycles. The summed E-state index contributed by atoms with van der Waals surface area (Å²) in [5, 5.41) is 2.96. The summed E-state index contributed by atoms with van der Waals surface area (Å²) in [5.74, 6) is 2.80. The van der Waals surface area contributed by atoms with Crippen LogP contribution in [-0.2, 0) is 0 Å². The molecule has 0 N–H and O–H groups in total. The van der Waals surface area contributed by atoms with Crippen molar-refractivity contribution in [2.45, 2.75) is 24.9 Å². The molecule has 7 rings (SSSR count). The van der Waals surface area contributed by atoms with E-state index in [1.807, 2.05) is 42.5 Å². The van der Waals surface area contributed by atoms with Crippen LogP contribution in [0.1, 0.15) is 36.0 Å². The van der Waals surface area contributed by atoms with Gasteiger partial charge in [-0.25, -0.2) is 15.0 Å². The average Bonchev–Trinajstić information content (AvgIpc) is 3.30. The van der Waals surface area contributed by atoms with Crippen LogP contribution in [0.15, 0.2) is 102 Å².